The van der Waals surface area contributed by atoms with E-state index in [-0.39, 0.29) is 0 Å². The molecule has 0 saturated heterocycles. The summed E-state index contributed by atoms with van der Waals surface area (Å²) < 4.78 is 24.8. The summed E-state index contributed by atoms with van der Waals surface area (Å²) in [5.74, 6) is 0. The van der Waals surface area contributed by atoms with E-state index in [1.807, 2.05) is 80.5 Å². The summed E-state index contributed by atoms with van der Waals surface area (Å²) in [5.41, 5.74) is 5.47. The normalized spacial score (nSPS) is 11.4. The summed E-state index contributed by atoms with van der Waals surface area (Å²) >= 11 is 6.36. The molecule has 29 heavy (non-hydrogen) atoms. The van der Waals surface area contributed by atoms with Gasteiger partial charge >= 0.3 is 0 Å². The van der Waals surface area contributed by atoms with E-state index in [0.29, 0.717) is 15.5 Å². The molecule has 152 valence electrons. The maximum absolute atomic E-state index is 12.4. The molecule has 0 aliphatic carbocycles. The van der Waals surface area contributed by atoms with Crippen LogP contribution < -0.4 is 9.80 Å². The molecule has 0 aliphatic heterocycles. The second-order valence-corrected chi connectivity index (χ2v) is 9.82. The van der Waals surface area contributed by atoms with Gasteiger partial charge in [-0.2, -0.15) is 0 Å². The minimum Gasteiger partial charge on any atom is -0.377 e. The monoisotopic (exact) mass is 428 g/mol. The van der Waals surface area contributed by atoms with Crippen LogP contribution in [-0.2, 0) is 9.84 Å². The van der Waals surface area contributed by atoms with E-state index in [2.05, 4.69) is 6.07 Å². The fourth-order valence-corrected chi connectivity index (χ4v) is 4.70. The van der Waals surface area contributed by atoms with Gasteiger partial charge in [0.25, 0.3) is 0 Å². The van der Waals surface area contributed by atoms with Crippen LogP contribution in [0.4, 0.5) is 11.4 Å². The van der Waals surface area contributed by atoms with Crippen LogP contribution >= 0.6 is 11.6 Å². The molecular formula is C23H25ClN2O2S. The van der Waals surface area contributed by atoms with Crippen molar-refractivity contribution >= 4 is 32.8 Å². The zero-order valence-corrected chi connectivity index (χ0v) is 18.8. The molecule has 0 radical (unpaired) electrons. The summed E-state index contributed by atoms with van der Waals surface area (Å²) in [6.45, 7) is 0. The molecule has 0 N–H and O–H groups in total. The predicted octanol–water partition coefficient (Wildman–Crippen LogP) is 5.21. The van der Waals surface area contributed by atoms with E-state index in [1.54, 1.807) is 12.1 Å². The first-order chi connectivity index (χ1) is 13.6. The van der Waals surface area contributed by atoms with Gasteiger partial charge in [-0.15, -0.1) is 0 Å². The Morgan fingerprint density at radius 3 is 2.00 bits per heavy atom. The van der Waals surface area contributed by atoms with Crippen LogP contribution in [0, 0.1) is 0 Å². The van der Waals surface area contributed by atoms with E-state index in [4.69, 9.17) is 11.6 Å². The van der Waals surface area contributed by atoms with Gasteiger partial charge in [0.2, 0.25) is 0 Å². The molecule has 0 aromatic heterocycles. The van der Waals surface area contributed by atoms with E-state index in [1.165, 1.54) is 6.26 Å². The van der Waals surface area contributed by atoms with Gasteiger partial charge in [-0.1, -0.05) is 54.1 Å². The van der Waals surface area contributed by atoms with Gasteiger partial charge in [-0.05, 0) is 23.8 Å². The van der Waals surface area contributed by atoms with E-state index in [9.17, 15) is 8.42 Å². The molecule has 0 bridgehead atoms. The standard InChI is InChI=1S/C23H25ClN2O2S/c1-25(2)21-15-16(13-14-20(21)24)17-10-8-11-19(23(17)26(3)4)18-9-6-7-12-22(18)29(5,27)28/h6-15H,1-5H3. The Kier molecular flexibility index (Phi) is 5.92. The zero-order valence-electron chi connectivity index (χ0n) is 17.3. The van der Waals surface area contributed by atoms with Crippen LogP contribution in [0.25, 0.3) is 22.3 Å². The fourth-order valence-electron chi connectivity index (χ4n) is 3.51. The van der Waals surface area contributed by atoms with Crippen LogP contribution in [0.3, 0.4) is 0 Å². The maximum atomic E-state index is 12.4. The second kappa shape index (κ2) is 8.09. The molecule has 0 saturated carbocycles. The highest BCUT2D eigenvalue weighted by Crippen LogP contribution is 2.42. The summed E-state index contributed by atoms with van der Waals surface area (Å²) in [5, 5.41) is 0.684. The molecule has 0 atom stereocenters. The molecule has 0 fully saturated rings. The van der Waals surface area contributed by atoms with Crippen LogP contribution in [0.5, 0.6) is 0 Å². The Morgan fingerprint density at radius 2 is 1.38 bits per heavy atom. The first kappa shape index (κ1) is 21.2. The quantitative estimate of drug-likeness (QED) is 0.559. The lowest BCUT2D eigenvalue weighted by molar-refractivity contribution is 0.602. The zero-order chi connectivity index (χ0) is 21.3. The summed E-state index contributed by atoms with van der Waals surface area (Å²) in [6.07, 6.45) is 1.24. The Bertz CT molecular complexity index is 1160. The van der Waals surface area contributed by atoms with Gasteiger partial charge in [0, 0.05) is 51.1 Å². The predicted molar refractivity (Wildman–Crippen MR) is 124 cm³/mol. The van der Waals surface area contributed by atoms with Gasteiger partial charge in [0.15, 0.2) is 9.84 Å². The SMILES string of the molecule is CN(C)c1cc(-c2cccc(-c3ccccc3S(C)(=O)=O)c2N(C)C)ccc1Cl. The van der Waals surface area contributed by atoms with Crippen molar-refractivity contribution in [2.45, 2.75) is 4.90 Å². The highest BCUT2D eigenvalue weighted by molar-refractivity contribution is 7.90. The summed E-state index contributed by atoms with van der Waals surface area (Å²) in [4.78, 5) is 4.32. The topological polar surface area (TPSA) is 40.6 Å². The Morgan fingerprint density at radius 1 is 0.759 bits per heavy atom. The van der Waals surface area contributed by atoms with Crippen molar-refractivity contribution < 1.29 is 8.42 Å². The highest BCUT2D eigenvalue weighted by Gasteiger charge is 2.20. The molecule has 6 heteroatoms. The number of anilines is 2. The first-order valence-electron chi connectivity index (χ1n) is 9.18. The number of rotatable bonds is 5. The molecule has 3 aromatic rings. The second-order valence-electron chi connectivity index (χ2n) is 7.43. The minimum absolute atomic E-state index is 0.324. The molecule has 3 aromatic carbocycles. The van der Waals surface area contributed by atoms with Crippen molar-refractivity contribution in [1.29, 1.82) is 0 Å². The Labute approximate surface area is 178 Å². The van der Waals surface area contributed by atoms with Gasteiger partial charge in [0.1, 0.15) is 0 Å². The van der Waals surface area contributed by atoms with Gasteiger partial charge < -0.3 is 9.80 Å². The van der Waals surface area contributed by atoms with Gasteiger partial charge in [-0.3, -0.25) is 0 Å². The number of nitrogens with zero attached hydrogens (tertiary/aromatic N) is 2. The van der Waals surface area contributed by atoms with E-state index in [0.717, 1.165) is 28.1 Å². The first-order valence-corrected chi connectivity index (χ1v) is 11.4. The maximum Gasteiger partial charge on any atom is 0.176 e. The van der Waals surface area contributed by atoms with Gasteiger partial charge in [0.05, 0.1) is 21.3 Å². The fraction of sp³-hybridized carbons (Fsp3) is 0.217. The number of halogens is 1. The summed E-state index contributed by atoms with van der Waals surface area (Å²) in [7, 11) is 4.48. The third-order valence-electron chi connectivity index (χ3n) is 4.80. The third-order valence-corrected chi connectivity index (χ3v) is 6.27. The van der Waals surface area contributed by atoms with Crippen molar-refractivity contribution in [2.75, 3.05) is 44.2 Å². The molecule has 0 amide bonds. The minimum atomic E-state index is -3.37. The molecule has 4 nitrogen and oxygen atoms in total. The number of hydrogen-bond acceptors (Lipinski definition) is 4. The van der Waals surface area contributed by atoms with Crippen LogP contribution in [0.1, 0.15) is 0 Å². The highest BCUT2D eigenvalue weighted by atomic mass is 35.5. The number of para-hydroxylation sites is 1. The average Bonchev–Trinajstić information content (AvgIpc) is 2.66. The Balaban J connectivity index is 2.32. The molecule has 0 heterocycles. The van der Waals surface area contributed by atoms with E-state index >= 15 is 0 Å². The molecular weight excluding hydrogens is 404 g/mol. The van der Waals surface area contributed by atoms with Crippen LogP contribution in [-0.4, -0.2) is 42.9 Å². The number of benzene rings is 3. The largest absolute Gasteiger partial charge is 0.377 e. The van der Waals surface area contributed by atoms with Crippen LogP contribution in [0.2, 0.25) is 5.02 Å². The molecule has 0 spiro atoms. The lowest BCUT2D eigenvalue weighted by Crippen LogP contribution is -2.13. The summed E-state index contributed by atoms with van der Waals surface area (Å²) in [6, 6.07) is 19.0. The average molecular weight is 429 g/mol. The van der Waals surface area contributed by atoms with Crippen molar-refractivity contribution in [3.63, 3.8) is 0 Å². The Hall–Kier alpha value is -2.50. The smallest absolute Gasteiger partial charge is 0.176 e. The molecule has 3 rings (SSSR count). The third kappa shape index (κ3) is 4.26. The molecule has 0 aliphatic rings. The lowest BCUT2D eigenvalue weighted by atomic mass is 9.95. The number of sulfone groups is 1. The van der Waals surface area contributed by atoms with Crippen molar-refractivity contribution in [1.82, 2.24) is 0 Å². The van der Waals surface area contributed by atoms with E-state index < -0.39 is 9.84 Å². The number of hydrogen-bond donors (Lipinski definition) is 0. The van der Waals surface area contributed by atoms with Crippen molar-refractivity contribution in [3.05, 3.63) is 65.7 Å². The molecule has 0 unspecified atom stereocenters. The van der Waals surface area contributed by atoms with Crippen molar-refractivity contribution in [2.24, 2.45) is 0 Å². The lowest BCUT2D eigenvalue weighted by Gasteiger charge is -2.24. The van der Waals surface area contributed by atoms with Gasteiger partial charge in [-0.25, -0.2) is 8.42 Å². The van der Waals surface area contributed by atoms with Crippen molar-refractivity contribution in [3.8, 4) is 22.3 Å². The van der Waals surface area contributed by atoms with Crippen LogP contribution in [0.15, 0.2) is 65.6 Å².